The number of carboxylic acids is 3. The molecule has 0 unspecified atom stereocenters. The van der Waals surface area contributed by atoms with Gasteiger partial charge >= 0.3 is 17.9 Å². The minimum Gasteiger partial charge on any atom is -0.481 e. The van der Waals surface area contributed by atoms with Crippen molar-refractivity contribution in [1.82, 2.24) is 15.2 Å². The van der Waals surface area contributed by atoms with Crippen LogP contribution in [0.4, 0.5) is 0 Å². The monoisotopic (exact) mass is 332 g/mol. The van der Waals surface area contributed by atoms with Crippen molar-refractivity contribution in [2.45, 2.75) is 44.1 Å². The molecule has 1 rings (SSSR count). The Balaban J connectivity index is 3.32. The molecule has 0 radical (unpaired) electrons. The minimum absolute atomic E-state index is 0.237. The smallest absolute Gasteiger partial charge is 0.319 e. The van der Waals surface area contributed by atoms with Crippen molar-refractivity contribution >= 4 is 17.9 Å². The second-order valence-electron chi connectivity index (χ2n) is 5.83. The van der Waals surface area contributed by atoms with Crippen molar-refractivity contribution in [3.8, 4) is 0 Å². The summed E-state index contributed by atoms with van der Waals surface area (Å²) in [5.74, 6) is 2.36. The lowest BCUT2D eigenvalue weighted by Crippen LogP contribution is -2.66. The van der Waals surface area contributed by atoms with Gasteiger partial charge in [-0.1, -0.05) is 12.8 Å². The van der Waals surface area contributed by atoms with E-state index in [0.717, 1.165) is 23.1 Å². The van der Waals surface area contributed by atoms with Gasteiger partial charge in [0.15, 0.2) is 0 Å². The third kappa shape index (κ3) is 5.43. The molecule has 1 aliphatic rings. The summed E-state index contributed by atoms with van der Waals surface area (Å²) >= 11 is 0. The molecule has 10 nitrogen and oxygen atoms in total. The van der Waals surface area contributed by atoms with E-state index in [1.807, 2.05) is 0 Å². The maximum Gasteiger partial charge on any atom is 0.319 e. The lowest BCUT2D eigenvalue weighted by molar-refractivity contribution is -0.231. The highest BCUT2D eigenvalue weighted by atomic mass is 16.4. The van der Waals surface area contributed by atoms with Crippen LogP contribution in [-0.4, -0.2) is 74.1 Å². The van der Waals surface area contributed by atoms with Crippen molar-refractivity contribution in [1.29, 1.82) is 0 Å². The fourth-order valence-corrected chi connectivity index (χ4v) is 2.96. The molecule has 1 fully saturated rings. The van der Waals surface area contributed by atoms with Crippen LogP contribution in [0.2, 0.25) is 0 Å². The molecular formula is C13H24N4O6. The second-order valence-corrected chi connectivity index (χ2v) is 5.83. The fraction of sp³-hybridized carbons (Fsp3) is 0.769. The number of hydrogen-bond donors (Lipinski definition) is 4. The molecule has 1 saturated heterocycles. The van der Waals surface area contributed by atoms with Gasteiger partial charge in [-0.2, -0.15) is 5.01 Å². The maximum atomic E-state index is 11.3. The van der Waals surface area contributed by atoms with E-state index in [0.29, 0.717) is 13.0 Å². The molecule has 0 spiro atoms. The molecule has 1 heterocycles. The quantitative estimate of drug-likeness (QED) is 0.472. The molecule has 132 valence electrons. The van der Waals surface area contributed by atoms with Crippen LogP contribution >= 0.6 is 0 Å². The molecule has 0 atom stereocenters. The first-order chi connectivity index (χ1) is 10.7. The van der Waals surface area contributed by atoms with Gasteiger partial charge in [0.2, 0.25) is 0 Å². The number of hydrazine groups is 3. The van der Waals surface area contributed by atoms with Crippen LogP contribution in [0.1, 0.15) is 38.5 Å². The molecule has 0 aliphatic carbocycles. The largest absolute Gasteiger partial charge is 0.481 e. The predicted molar refractivity (Wildman–Crippen MR) is 78.7 cm³/mol. The molecular weight excluding hydrogens is 308 g/mol. The summed E-state index contributed by atoms with van der Waals surface area (Å²) in [6, 6.07) is 0. The molecule has 10 heteroatoms. The number of carbonyl (C=O) groups is 3. The van der Waals surface area contributed by atoms with E-state index in [-0.39, 0.29) is 6.42 Å². The van der Waals surface area contributed by atoms with E-state index in [9.17, 15) is 24.6 Å². The van der Waals surface area contributed by atoms with Crippen LogP contribution in [0.15, 0.2) is 0 Å². The third-order valence-corrected chi connectivity index (χ3v) is 4.01. The van der Waals surface area contributed by atoms with Crippen molar-refractivity contribution in [3.05, 3.63) is 0 Å². The average Bonchev–Trinajstić information content (AvgIpc) is 2.44. The lowest BCUT2D eigenvalue weighted by atomic mass is 9.84. The molecule has 1 aliphatic heterocycles. The van der Waals surface area contributed by atoms with Gasteiger partial charge in [0.25, 0.3) is 0 Å². The molecule has 0 aromatic rings. The number of rotatable bonds is 6. The van der Waals surface area contributed by atoms with Gasteiger partial charge in [0.1, 0.15) is 6.54 Å². The predicted octanol–water partition coefficient (Wildman–Crippen LogP) is -0.427. The highest BCUT2D eigenvalue weighted by Crippen LogP contribution is 2.33. The molecule has 0 amide bonds. The van der Waals surface area contributed by atoms with Gasteiger partial charge in [0.05, 0.1) is 18.4 Å². The first-order valence-corrected chi connectivity index (χ1v) is 7.37. The van der Waals surface area contributed by atoms with Gasteiger partial charge in [-0.15, -0.1) is 5.23 Å². The van der Waals surface area contributed by atoms with Crippen LogP contribution in [0.5, 0.6) is 0 Å². The third-order valence-electron chi connectivity index (χ3n) is 4.01. The summed E-state index contributed by atoms with van der Waals surface area (Å²) in [6.45, 7) is -0.0236. The molecule has 0 bridgehead atoms. The Labute approximate surface area is 134 Å². The Hall–Kier alpha value is -1.75. The van der Waals surface area contributed by atoms with Gasteiger partial charge in [-0.3, -0.25) is 14.4 Å². The number of nitrogens with zero attached hydrogens (tertiary/aromatic N) is 3. The Morgan fingerprint density at radius 1 is 1.00 bits per heavy atom. The van der Waals surface area contributed by atoms with Crippen LogP contribution < -0.4 is 5.84 Å². The molecule has 23 heavy (non-hydrogen) atoms. The molecule has 0 aromatic heterocycles. The van der Waals surface area contributed by atoms with Crippen molar-refractivity contribution in [3.63, 3.8) is 0 Å². The van der Waals surface area contributed by atoms with Crippen LogP contribution in [0, 0.1) is 0 Å². The number of carboxylic acid groups (broad SMARTS) is 3. The first kappa shape index (κ1) is 19.3. The Morgan fingerprint density at radius 2 is 1.57 bits per heavy atom. The number of nitrogens with two attached hydrogens (primary N) is 1. The SMILES string of the molecule is CN1CCCCCC(CC(=O)O)(CC(=O)O)N(CC(=O)O)N1N. The van der Waals surface area contributed by atoms with Crippen LogP contribution in [0.25, 0.3) is 0 Å². The Kier molecular flexibility index (Phi) is 6.88. The highest BCUT2D eigenvalue weighted by Gasteiger charge is 2.45. The Bertz CT molecular complexity index is 442. The Morgan fingerprint density at radius 3 is 2.04 bits per heavy atom. The van der Waals surface area contributed by atoms with E-state index < -0.39 is 42.8 Å². The zero-order chi connectivity index (χ0) is 17.6. The van der Waals surface area contributed by atoms with Gasteiger partial charge in [0, 0.05) is 13.6 Å². The molecule has 0 aromatic carbocycles. The summed E-state index contributed by atoms with van der Waals surface area (Å²) in [7, 11) is 1.65. The van der Waals surface area contributed by atoms with E-state index in [2.05, 4.69) is 0 Å². The van der Waals surface area contributed by atoms with E-state index in [1.54, 1.807) is 12.1 Å². The van der Waals surface area contributed by atoms with Crippen molar-refractivity contribution in [2.75, 3.05) is 20.1 Å². The summed E-state index contributed by atoms with van der Waals surface area (Å²) in [6.07, 6.45) is 1.39. The second kappa shape index (κ2) is 8.20. The fourth-order valence-electron chi connectivity index (χ4n) is 2.96. The van der Waals surface area contributed by atoms with Crippen molar-refractivity contribution < 1.29 is 29.7 Å². The normalized spacial score (nSPS) is 21.1. The van der Waals surface area contributed by atoms with Crippen LogP contribution in [-0.2, 0) is 14.4 Å². The van der Waals surface area contributed by atoms with Gasteiger partial charge < -0.3 is 15.3 Å². The maximum absolute atomic E-state index is 11.3. The standard InChI is InChI=1S/C13H24N4O6/c1-15-6-4-2-3-5-13(7-10(18)19,8-11(20)21)16(17(15)14)9-12(22)23/h2-9,14H2,1H3,(H,18,19)(H,20,21)(H,22,23). The lowest BCUT2D eigenvalue weighted by Gasteiger charge is -2.47. The average molecular weight is 332 g/mol. The topological polar surface area (TPSA) is 148 Å². The van der Waals surface area contributed by atoms with Gasteiger partial charge in [-0.05, 0) is 12.8 Å². The highest BCUT2D eigenvalue weighted by molar-refractivity contribution is 5.74. The van der Waals surface area contributed by atoms with Crippen LogP contribution in [0.3, 0.4) is 0 Å². The first-order valence-electron chi connectivity index (χ1n) is 7.37. The molecule has 0 saturated carbocycles. The summed E-state index contributed by atoms with van der Waals surface area (Å²) < 4.78 is 0. The summed E-state index contributed by atoms with van der Waals surface area (Å²) in [5.41, 5.74) is -1.40. The summed E-state index contributed by atoms with van der Waals surface area (Å²) in [5, 5.41) is 31.4. The van der Waals surface area contributed by atoms with Gasteiger partial charge in [-0.25, -0.2) is 10.9 Å². The summed E-state index contributed by atoms with van der Waals surface area (Å²) in [4.78, 5) is 33.9. The zero-order valence-corrected chi connectivity index (χ0v) is 13.1. The minimum atomic E-state index is -1.40. The molecule has 5 N–H and O–H groups in total. The van der Waals surface area contributed by atoms with E-state index >= 15 is 0 Å². The van der Waals surface area contributed by atoms with E-state index in [1.165, 1.54) is 0 Å². The number of aliphatic carboxylic acids is 3. The van der Waals surface area contributed by atoms with E-state index in [4.69, 9.17) is 10.9 Å². The van der Waals surface area contributed by atoms with Crippen molar-refractivity contribution in [2.24, 2.45) is 5.84 Å². The zero-order valence-electron chi connectivity index (χ0n) is 13.1. The number of hydrogen-bond acceptors (Lipinski definition) is 7.